The van der Waals surface area contributed by atoms with E-state index in [-0.39, 0.29) is 31.6 Å². The molecule has 1 aromatic rings. The third-order valence-corrected chi connectivity index (χ3v) is 3.28. The number of nitrogens with two attached hydrogens (primary N) is 1. The Morgan fingerprint density at radius 2 is 2.17 bits per heavy atom. The highest BCUT2D eigenvalue weighted by molar-refractivity contribution is 7.51. The van der Waals surface area contributed by atoms with Crippen LogP contribution in [0.15, 0.2) is 17.1 Å². The van der Waals surface area contributed by atoms with Gasteiger partial charge in [-0.25, -0.2) is 4.79 Å². The van der Waals surface area contributed by atoms with Crippen molar-refractivity contribution in [2.24, 2.45) is 5.92 Å². The molecule has 1 atom stereocenters. The largest absolute Gasteiger partial charge is 0.396 e. The van der Waals surface area contributed by atoms with E-state index in [0.717, 1.165) is 0 Å². The quantitative estimate of drug-likeness (QED) is 0.489. The van der Waals surface area contributed by atoms with Crippen molar-refractivity contribution in [2.45, 2.75) is 13.0 Å². The Balaban J connectivity index is 2.68. The van der Waals surface area contributed by atoms with Gasteiger partial charge < -0.3 is 20.6 Å². The van der Waals surface area contributed by atoms with E-state index in [1.54, 1.807) is 0 Å². The van der Waals surface area contributed by atoms with Crippen molar-refractivity contribution in [3.05, 3.63) is 22.7 Å². The molecule has 9 heteroatoms. The predicted molar refractivity (Wildman–Crippen MR) is 65.0 cm³/mol. The Hall–Kier alpha value is -1.21. The molecule has 0 aliphatic heterocycles. The average molecular weight is 277 g/mol. The number of hydrogen-bond donors (Lipinski definition) is 4. The maximum Gasteiger partial charge on any atom is 0.349 e. The molecule has 0 fully saturated rings. The monoisotopic (exact) mass is 277 g/mol. The van der Waals surface area contributed by atoms with Gasteiger partial charge in [-0.05, 0) is 12.5 Å². The molecule has 1 aromatic heterocycles. The van der Waals surface area contributed by atoms with E-state index in [2.05, 4.69) is 4.98 Å². The van der Waals surface area contributed by atoms with Gasteiger partial charge in [-0.3, -0.25) is 9.13 Å². The second-order valence-corrected chi connectivity index (χ2v) is 5.79. The number of nitrogens with zero attached hydrogens (tertiary/aromatic N) is 2. The van der Waals surface area contributed by atoms with Gasteiger partial charge in [-0.1, -0.05) is 0 Å². The first-order valence-electron chi connectivity index (χ1n) is 5.30. The first-order chi connectivity index (χ1) is 8.31. The van der Waals surface area contributed by atoms with Gasteiger partial charge in [-0.2, -0.15) is 4.98 Å². The molecule has 1 rings (SSSR count). The van der Waals surface area contributed by atoms with Crippen LogP contribution in [0.5, 0.6) is 0 Å². The standard InChI is InChI=1S/C9H16N3O5P/c10-8-1-3-12(9(14)11-8)5-7(6-13)2-4-18(15,16)17/h1,3,7,13H,2,4-6H2,(H2,10,11,14)(H2,15,16,17). The minimum atomic E-state index is -4.09. The summed E-state index contributed by atoms with van der Waals surface area (Å²) in [7, 11) is -4.09. The highest BCUT2D eigenvalue weighted by atomic mass is 31.2. The molecular weight excluding hydrogens is 261 g/mol. The van der Waals surface area contributed by atoms with Crippen LogP contribution in [0, 0.1) is 5.92 Å². The summed E-state index contributed by atoms with van der Waals surface area (Å²) in [5, 5.41) is 9.12. The summed E-state index contributed by atoms with van der Waals surface area (Å²) in [5.74, 6) is -0.312. The molecule has 0 aliphatic carbocycles. The maximum absolute atomic E-state index is 11.4. The summed E-state index contributed by atoms with van der Waals surface area (Å²) in [4.78, 5) is 32.5. The van der Waals surface area contributed by atoms with E-state index in [0.29, 0.717) is 0 Å². The highest BCUT2D eigenvalue weighted by Gasteiger charge is 2.17. The van der Waals surface area contributed by atoms with E-state index >= 15 is 0 Å². The minimum absolute atomic E-state index is 0.104. The molecule has 5 N–H and O–H groups in total. The lowest BCUT2D eigenvalue weighted by Gasteiger charge is -2.15. The van der Waals surface area contributed by atoms with Gasteiger partial charge in [0.05, 0.1) is 6.16 Å². The first kappa shape index (κ1) is 14.8. The summed E-state index contributed by atoms with van der Waals surface area (Å²) in [6.07, 6.45) is 1.23. The van der Waals surface area contributed by atoms with Crippen LogP contribution in [0.25, 0.3) is 0 Å². The topological polar surface area (TPSA) is 139 Å². The van der Waals surface area contributed by atoms with Crippen molar-refractivity contribution in [1.29, 1.82) is 0 Å². The third-order valence-electron chi connectivity index (χ3n) is 2.44. The van der Waals surface area contributed by atoms with Crippen LogP contribution in [-0.4, -0.2) is 37.2 Å². The molecular formula is C9H16N3O5P. The van der Waals surface area contributed by atoms with Crippen LogP contribution in [-0.2, 0) is 11.1 Å². The first-order valence-corrected chi connectivity index (χ1v) is 7.10. The molecule has 0 amide bonds. The van der Waals surface area contributed by atoms with E-state index < -0.39 is 19.2 Å². The molecule has 8 nitrogen and oxygen atoms in total. The van der Waals surface area contributed by atoms with Crippen molar-refractivity contribution in [3.8, 4) is 0 Å². The Morgan fingerprint density at radius 1 is 1.50 bits per heavy atom. The van der Waals surface area contributed by atoms with E-state index in [9.17, 15) is 9.36 Å². The molecule has 0 spiro atoms. The second-order valence-electron chi connectivity index (χ2n) is 4.01. The fourth-order valence-electron chi connectivity index (χ4n) is 1.45. The summed E-state index contributed by atoms with van der Waals surface area (Å²) >= 11 is 0. The SMILES string of the molecule is Nc1ccn(CC(CO)CCP(=O)(O)O)c(=O)n1. The fraction of sp³-hybridized carbons (Fsp3) is 0.556. The summed E-state index contributed by atoms with van der Waals surface area (Å²) in [6, 6.07) is 1.44. The lowest BCUT2D eigenvalue weighted by Crippen LogP contribution is -2.28. The van der Waals surface area contributed by atoms with Gasteiger partial charge in [0.25, 0.3) is 0 Å². The molecule has 0 radical (unpaired) electrons. The molecule has 1 unspecified atom stereocenters. The molecule has 0 aromatic carbocycles. The van der Waals surface area contributed by atoms with Gasteiger partial charge in [0.15, 0.2) is 0 Å². The van der Waals surface area contributed by atoms with Gasteiger partial charge in [-0.15, -0.1) is 0 Å². The Kier molecular flexibility index (Phi) is 5.03. The number of rotatable bonds is 6. The summed E-state index contributed by atoms with van der Waals surface area (Å²) in [5.41, 5.74) is 4.78. The number of nitrogen functional groups attached to an aromatic ring is 1. The number of anilines is 1. The number of aliphatic hydroxyl groups excluding tert-OH is 1. The molecule has 102 valence electrons. The summed E-state index contributed by atoms with van der Waals surface area (Å²) < 4.78 is 12.0. The van der Waals surface area contributed by atoms with Gasteiger partial charge >= 0.3 is 13.3 Å². The molecule has 0 aliphatic rings. The molecule has 1 heterocycles. The van der Waals surface area contributed by atoms with Gasteiger partial charge in [0.1, 0.15) is 5.82 Å². The lowest BCUT2D eigenvalue weighted by atomic mass is 10.1. The van der Waals surface area contributed by atoms with Crippen LogP contribution < -0.4 is 11.4 Å². The van der Waals surface area contributed by atoms with Crippen molar-refractivity contribution in [2.75, 3.05) is 18.5 Å². The lowest BCUT2D eigenvalue weighted by molar-refractivity contribution is 0.204. The molecule has 0 bridgehead atoms. The zero-order valence-corrected chi connectivity index (χ0v) is 10.5. The van der Waals surface area contributed by atoms with E-state index in [1.807, 2.05) is 0 Å². The average Bonchev–Trinajstić information content (AvgIpc) is 2.25. The van der Waals surface area contributed by atoms with Gasteiger partial charge in [0, 0.05) is 25.3 Å². The van der Waals surface area contributed by atoms with E-state index in [4.69, 9.17) is 20.6 Å². The van der Waals surface area contributed by atoms with Crippen molar-refractivity contribution in [1.82, 2.24) is 9.55 Å². The molecule has 0 saturated carbocycles. The number of aliphatic hydroxyl groups is 1. The van der Waals surface area contributed by atoms with Crippen LogP contribution in [0.4, 0.5) is 5.82 Å². The van der Waals surface area contributed by atoms with Crippen LogP contribution in [0.3, 0.4) is 0 Å². The van der Waals surface area contributed by atoms with Crippen LogP contribution >= 0.6 is 7.60 Å². The van der Waals surface area contributed by atoms with Crippen molar-refractivity contribution < 1.29 is 19.5 Å². The van der Waals surface area contributed by atoms with E-state index in [1.165, 1.54) is 16.8 Å². The smallest absolute Gasteiger partial charge is 0.349 e. The summed E-state index contributed by atoms with van der Waals surface area (Å²) in [6.45, 7) is -0.126. The highest BCUT2D eigenvalue weighted by Crippen LogP contribution is 2.36. The zero-order chi connectivity index (χ0) is 13.8. The Bertz CT molecular complexity index is 497. The Labute approximate surface area is 103 Å². The van der Waals surface area contributed by atoms with Crippen molar-refractivity contribution >= 4 is 13.4 Å². The third kappa shape index (κ3) is 4.97. The van der Waals surface area contributed by atoms with Crippen LogP contribution in [0.1, 0.15) is 6.42 Å². The number of aromatic nitrogens is 2. The second kappa shape index (κ2) is 6.10. The van der Waals surface area contributed by atoms with Crippen molar-refractivity contribution in [3.63, 3.8) is 0 Å². The number of hydrogen-bond acceptors (Lipinski definition) is 5. The zero-order valence-electron chi connectivity index (χ0n) is 9.64. The van der Waals surface area contributed by atoms with Crippen LogP contribution in [0.2, 0.25) is 0 Å². The predicted octanol–water partition coefficient (Wildman–Crippen LogP) is -0.998. The normalized spacial score (nSPS) is 13.5. The minimum Gasteiger partial charge on any atom is -0.396 e. The van der Waals surface area contributed by atoms with Gasteiger partial charge in [0.2, 0.25) is 0 Å². The molecule has 0 saturated heterocycles. The fourth-order valence-corrected chi connectivity index (χ4v) is 2.15. The Morgan fingerprint density at radius 3 is 2.67 bits per heavy atom. The maximum atomic E-state index is 11.4. The molecule has 18 heavy (non-hydrogen) atoms.